The van der Waals surface area contributed by atoms with Crippen LogP contribution in [0.15, 0.2) is 0 Å². The molecule has 3 rings (SSSR count). The van der Waals surface area contributed by atoms with Crippen LogP contribution < -0.4 is 0 Å². The predicted molar refractivity (Wildman–Crippen MR) is 90.1 cm³/mol. The summed E-state index contributed by atoms with van der Waals surface area (Å²) >= 11 is 0. The lowest BCUT2D eigenvalue weighted by molar-refractivity contribution is -0.136. The minimum absolute atomic E-state index is 0.260. The Morgan fingerprint density at radius 1 is 1.00 bits per heavy atom. The van der Waals surface area contributed by atoms with E-state index in [1.54, 1.807) is 6.92 Å². The Morgan fingerprint density at radius 3 is 2.35 bits per heavy atom. The Bertz CT molecular complexity index is 436. The number of rotatable bonds is 5. The van der Waals surface area contributed by atoms with Gasteiger partial charge in [0.1, 0.15) is 0 Å². The highest BCUT2D eigenvalue weighted by atomic mass is 16.2. The molecule has 0 spiro atoms. The standard InChI is InChI=1S/C18H31N3O2/c1-15(22)21(16-5-2-6-16)17-7-3-10-19(12-9-17)13-14-20-11-4-8-18(20)23/h16-17H,2-14H2,1H3/t17-/m1/s1. The fraction of sp³-hybridized carbons (Fsp3) is 0.889. The molecule has 3 fully saturated rings. The molecular weight excluding hydrogens is 290 g/mol. The smallest absolute Gasteiger partial charge is 0.222 e. The average Bonchev–Trinajstić information content (AvgIpc) is 2.74. The van der Waals surface area contributed by atoms with Gasteiger partial charge < -0.3 is 14.7 Å². The summed E-state index contributed by atoms with van der Waals surface area (Å²) in [4.78, 5) is 30.5. The first-order chi connectivity index (χ1) is 11.1. The van der Waals surface area contributed by atoms with Gasteiger partial charge in [-0.25, -0.2) is 0 Å². The molecule has 5 nitrogen and oxygen atoms in total. The number of amides is 2. The van der Waals surface area contributed by atoms with E-state index < -0.39 is 0 Å². The normalized spacial score (nSPS) is 26.9. The monoisotopic (exact) mass is 321 g/mol. The lowest BCUT2D eigenvalue weighted by atomic mass is 9.89. The predicted octanol–water partition coefficient (Wildman–Crippen LogP) is 1.86. The summed E-state index contributed by atoms with van der Waals surface area (Å²) in [5.41, 5.74) is 0. The first kappa shape index (κ1) is 16.7. The molecule has 2 heterocycles. The number of hydrogen-bond acceptors (Lipinski definition) is 3. The molecule has 1 aliphatic carbocycles. The molecule has 1 saturated carbocycles. The second kappa shape index (κ2) is 7.65. The van der Waals surface area contributed by atoms with Crippen LogP contribution in [-0.4, -0.2) is 71.3 Å². The van der Waals surface area contributed by atoms with E-state index in [0.29, 0.717) is 18.0 Å². The van der Waals surface area contributed by atoms with E-state index in [-0.39, 0.29) is 5.91 Å². The van der Waals surface area contributed by atoms with Gasteiger partial charge in [-0.15, -0.1) is 0 Å². The molecule has 2 saturated heterocycles. The van der Waals surface area contributed by atoms with Crippen LogP contribution in [-0.2, 0) is 9.59 Å². The third kappa shape index (κ3) is 4.06. The first-order valence-corrected chi connectivity index (χ1v) is 9.44. The molecule has 0 aromatic carbocycles. The van der Waals surface area contributed by atoms with Crippen molar-refractivity contribution in [3.63, 3.8) is 0 Å². The molecule has 2 amide bonds. The van der Waals surface area contributed by atoms with Crippen molar-refractivity contribution in [1.82, 2.24) is 14.7 Å². The van der Waals surface area contributed by atoms with E-state index in [0.717, 1.165) is 64.8 Å². The first-order valence-electron chi connectivity index (χ1n) is 9.44. The zero-order valence-electron chi connectivity index (χ0n) is 14.5. The quantitative estimate of drug-likeness (QED) is 0.776. The van der Waals surface area contributed by atoms with Crippen LogP contribution >= 0.6 is 0 Å². The van der Waals surface area contributed by atoms with Gasteiger partial charge in [0, 0.05) is 51.6 Å². The topological polar surface area (TPSA) is 43.9 Å². The van der Waals surface area contributed by atoms with Gasteiger partial charge in [0.05, 0.1) is 0 Å². The largest absolute Gasteiger partial charge is 0.341 e. The van der Waals surface area contributed by atoms with Crippen LogP contribution in [0.4, 0.5) is 0 Å². The molecule has 130 valence electrons. The molecule has 3 aliphatic rings. The summed E-state index contributed by atoms with van der Waals surface area (Å²) in [6, 6.07) is 0.933. The fourth-order valence-corrected chi connectivity index (χ4v) is 4.32. The molecule has 0 aromatic rings. The minimum atomic E-state index is 0.260. The molecule has 23 heavy (non-hydrogen) atoms. The van der Waals surface area contributed by atoms with Gasteiger partial charge in [0.25, 0.3) is 0 Å². The van der Waals surface area contributed by atoms with Gasteiger partial charge in [-0.2, -0.15) is 0 Å². The molecule has 5 heteroatoms. The molecule has 0 bridgehead atoms. The van der Waals surface area contributed by atoms with Gasteiger partial charge in [0.2, 0.25) is 11.8 Å². The van der Waals surface area contributed by atoms with Crippen molar-refractivity contribution in [2.75, 3.05) is 32.7 Å². The van der Waals surface area contributed by atoms with Gasteiger partial charge >= 0.3 is 0 Å². The van der Waals surface area contributed by atoms with Crippen molar-refractivity contribution >= 4 is 11.8 Å². The Morgan fingerprint density at radius 2 is 1.74 bits per heavy atom. The Labute approximate surface area is 140 Å². The second-order valence-electron chi connectivity index (χ2n) is 7.42. The highest BCUT2D eigenvalue weighted by molar-refractivity contribution is 5.78. The summed E-state index contributed by atoms with van der Waals surface area (Å²) in [5.74, 6) is 0.584. The van der Waals surface area contributed by atoms with Crippen LogP contribution in [0.1, 0.15) is 58.3 Å². The lowest BCUT2D eigenvalue weighted by Gasteiger charge is -2.42. The van der Waals surface area contributed by atoms with E-state index in [4.69, 9.17) is 0 Å². The van der Waals surface area contributed by atoms with Gasteiger partial charge in [-0.3, -0.25) is 9.59 Å². The Balaban J connectivity index is 1.48. The molecule has 0 unspecified atom stereocenters. The van der Waals surface area contributed by atoms with E-state index >= 15 is 0 Å². The van der Waals surface area contributed by atoms with Crippen LogP contribution in [0.3, 0.4) is 0 Å². The summed E-state index contributed by atoms with van der Waals surface area (Å²) in [7, 11) is 0. The number of nitrogens with zero attached hydrogens (tertiary/aromatic N) is 3. The average molecular weight is 321 g/mol. The second-order valence-corrected chi connectivity index (χ2v) is 7.42. The molecule has 0 N–H and O–H groups in total. The van der Waals surface area contributed by atoms with Crippen molar-refractivity contribution in [2.24, 2.45) is 0 Å². The third-order valence-electron chi connectivity index (χ3n) is 5.87. The number of hydrogen-bond donors (Lipinski definition) is 0. The van der Waals surface area contributed by atoms with Crippen molar-refractivity contribution in [3.05, 3.63) is 0 Å². The summed E-state index contributed by atoms with van der Waals surface area (Å²) in [6.07, 6.45) is 8.80. The molecule has 0 radical (unpaired) electrons. The van der Waals surface area contributed by atoms with Crippen molar-refractivity contribution in [3.8, 4) is 0 Å². The van der Waals surface area contributed by atoms with E-state index in [9.17, 15) is 9.59 Å². The summed E-state index contributed by atoms with van der Waals surface area (Å²) in [6.45, 7) is 6.71. The fourth-order valence-electron chi connectivity index (χ4n) is 4.32. The van der Waals surface area contributed by atoms with Crippen LogP contribution in [0.25, 0.3) is 0 Å². The Hall–Kier alpha value is -1.10. The zero-order chi connectivity index (χ0) is 16.2. The third-order valence-corrected chi connectivity index (χ3v) is 5.87. The number of likely N-dealkylation sites (tertiary alicyclic amines) is 2. The van der Waals surface area contributed by atoms with E-state index in [1.165, 1.54) is 19.3 Å². The van der Waals surface area contributed by atoms with Crippen molar-refractivity contribution in [2.45, 2.75) is 70.4 Å². The summed E-state index contributed by atoms with van der Waals surface area (Å²) < 4.78 is 0. The van der Waals surface area contributed by atoms with Crippen molar-refractivity contribution in [1.29, 1.82) is 0 Å². The Kier molecular flexibility index (Phi) is 5.57. The maximum atomic E-state index is 12.1. The van der Waals surface area contributed by atoms with Gasteiger partial charge in [0.15, 0.2) is 0 Å². The molecule has 1 atom stereocenters. The van der Waals surface area contributed by atoms with E-state index in [2.05, 4.69) is 9.80 Å². The van der Waals surface area contributed by atoms with Crippen LogP contribution in [0, 0.1) is 0 Å². The maximum absolute atomic E-state index is 12.1. The molecule has 0 aromatic heterocycles. The zero-order valence-corrected chi connectivity index (χ0v) is 14.5. The van der Waals surface area contributed by atoms with Crippen LogP contribution in [0.2, 0.25) is 0 Å². The van der Waals surface area contributed by atoms with Gasteiger partial charge in [-0.1, -0.05) is 0 Å². The van der Waals surface area contributed by atoms with Gasteiger partial charge in [-0.05, 0) is 51.5 Å². The van der Waals surface area contributed by atoms with E-state index in [1.807, 2.05) is 4.90 Å². The highest BCUT2D eigenvalue weighted by Crippen LogP contribution is 2.30. The highest BCUT2D eigenvalue weighted by Gasteiger charge is 2.33. The SMILES string of the molecule is CC(=O)N(C1CCC1)[C@@H]1CCCN(CCN2CCCC2=O)CC1. The number of carbonyl (C=O) groups is 2. The maximum Gasteiger partial charge on any atom is 0.222 e. The lowest BCUT2D eigenvalue weighted by Crippen LogP contribution is -2.49. The molecular formula is C18H31N3O2. The van der Waals surface area contributed by atoms with Crippen LogP contribution in [0.5, 0.6) is 0 Å². The summed E-state index contributed by atoms with van der Waals surface area (Å²) in [5, 5.41) is 0. The number of carbonyl (C=O) groups excluding carboxylic acids is 2. The minimum Gasteiger partial charge on any atom is -0.341 e. The van der Waals surface area contributed by atoms with Crippen molar-refractivity contribution < 1.29 is 9.59 Å². The molecule has 2 aliphatic heterocycles.